The van der Waals surface area contributed by atoms with E-state index in [1.54, 1.807) is 0 Å². The molecular weight excluding hydrogens is 156 g/mol. The van der Waals surface area contributed by atoms with E-state index < -0.39 is 0 Å². The SMILES string of the molecule is [C]1=C/CCC/C=C\C/C=C\C=C\C/1. The molecule has 1 radical (unpaired) electrons. The lowest BCUT2D eigenvalue weighted by atomic mass is 10.2. The monoisotopic (exact) mass is 173 g/mol. The van der Waals surface area contributed by atoms with Crippen molar-refractivity contribution in [3.05, 3.63) is 48.6 Å². The number of rotatable bonds is 0. The van der Waals surface area contributed by atoms with Crippen molar-refractivity contribution in [1.82, 2.24) is 0 Å². The van der Waals surface area contributed by atoms with Gasteiger partial charge in [-0.3, -0.25) is 0 Å². The predicted octanol–water partition coefficient (Wildman–Crippen LogP) is 3.98. The van der Waals surface area contributed by atoms with Gasteiger partial charge in [0.15, 0.2) is 0 Å². The van der Waals surface area contributed by atoms with Gasteiger partial charge >= 0.3 is 0 Å². The molecule has 0 heteroatoms. The standard InChI is InChI=1S/C13H17/c1-2-4-6-8-10-12-13-11-9-7-5-3-1/h1-4,7,9-10H,5-6,11-13H2/b3-1-,4-2+,9-7-,10-8?. The van der Waals surface area contributed by atoms with Gasteiger partial charge in [-0.1, -0.05) is 42.5 Å². The lowest BCUT2D eigenvalue weighted by Gasteiger charge is -1.88. The normalized spacial score (nSPS) is 28.9. The fourth-order valence-corrected chi connectivity index (χ4v) is 1.19. The molecule has 0 aliphatic heterocycles. The molecule has 0 unspecified atom stereocenters. The molecule has 1 aliphatic carbocycles. The molecule has 0 N–H and O–H groups in total. The van der Waals surface area contributed by atoms with Crippen molar-refractivity contribution in [1.29, 1.82) is 0 Å². The van der Waals surface area contributed by atoms with Crippen LogP contribution in [0.5, 0.6) is 0 Å². The van der Waals surface area contributed by atoms with Crippen molar-refractivity contribution < 1.29 is 0 Å². The van der Waals surface area contributed by atoms with Gasteiger partial charge in [-0.25, -0.2) is 0 Å². The van der Waals surface area contributed by atoms with E-state index in [1.165, 1.54) is 12.8 Å². The van der Waals surface area contributed by atoms with Crippen molar-refractivity contribution in [2.75, 3.05) is 0 Å². The average Bonchev–Trinajstić information content (AvgIpc) is 2.18. The molecule has 0 fully saturated rings. The van der Waals surface area contributed by atoms with Gasteiger partial charge in [0.2, 0.25) is 0 Å². The summed E-state index contributed by atoms with van der Waals surface area (Å²) in [4.78, 5) is 0. The molecule has 0 nitrogen and oxygen atoms in total. The summed E-state index contributed by atoms with van der Waals surface area (Å²) < 4.78 is 0. The summed E-state index contributed by atoms with van der Waals surface area (Å²) in [6.45, 7) is 0. The molecule has 0 aromatic rings. The highest BCUT2D eigenvalue weighted by atomic mass is 13.9. The van der Waals surface area contributed by atoms with Crippen LogP contribution in [0.15, 0.2) is 42.5 Å². The van der Waals surface area contributed by atoms with E-state index in [-0.39, 0.29) is 0 Å². The minimum atomic E-state index is 0.942. The molecule has 0 saturated heterocycles. The number of hydrogen-bond donors (Lipinski definition) is 0. The third-order valence-electron chi connectivity index (χ3n) is 1.92. The second-order valence-corrected chi connectivity index (χ2v) is 3.11. The largest absolute Gasteiger partial charge is 0.0882 e. The first-order chi connectivity index (χ1) is 6.50. The van der Waals surface area contributed by atoms with E-state index in [0.29, 0.717) is 0 Å². The van der Waals surface area contributed by atoms with E-state index in [9.17, 15) is 0 Å². The minimum Gasteiger partial charge on any atom is -0.0882 e. The second kappa shape index (κ2) is 7.60. The summed E-state index contributed by atoms with van der Waals surface area (Å²) >= 11 is 0. The molecule has 1 aliphatic rings. The molecular formula is C13H17. The van der Waals surface area contributed by atoms with Crippen molar-refractivity contribution in [2.24, 2.45) is 0 Å². The Labute approximate surface area is 81.4 Å². The van der Waals surface area contributed by atoms with Gasteiger partial charge < -0.3 is 0 Å². The lowest BCUT2D eigenvalue weighted by Crippen LogP contribution is -1.69. The maximum absolute atomic E-state index is 3.25. The Kier molecular flexibility index (Phi) is 5.87. The Hall–Kier alpha value is -1.04. The first kappa shape index (κ1) is 10.0. The molecule has 1 rings (SSSR count). The maximum Gasteiger partial charge on any atom is -0.00948 e. The van der Waals surface area contributed by atoms with E-state index in [1.807, 2.05) is 0 Å². The third-order valence-corrected chi connectivity index (χ3v) is 1.92. The van der Waals surface area contributed by atoms with Crippen LogP contribution < -0.4 is 0 Å². The van der Waals surface area contributed by atoms with Crippen molar-refractivity contribution in [3.8, 4) is 0 Å². The van der Waals surface area contributed by atoms with Crippen LogP contribution in [0.4, 0.5) is 0 Å². The number of hydrogen-bond acceptors (Lipinski definition) is 0. The summed E-state index contributed by atoms with van der Waals surface area (Å²) in [6.07, 6.45) is 24.0. The van der Waals surface area contributed by atoms with Gasteiger partial charge in [-0.2, -0.15) is 0 Å². The molecule has 0 atom stereocenters. The summed E-state index contributed by atoms with van der Waals surface area (Å²) in [6, 6.07) is 0. The lowest BCUT2D eigenvalue weighted by molar-refractivity contribution is 0.862. The zero-order valence-electron chi connectivity index (χ0n) is 8.08. The van der Waals surface area contributed by atoms with E-state index in [4.69, 9.17) is 0 Å². The summed E-state index contributed by atoms with van der Waals surface area (Å²) in [5.41, 5.74) is 0. The summed E-state index contributed by atoms with van der Waals surface area (Å²) in [5.74, 6) is 0. The Morgan fingerprint density at radius 1 is 0.846 bits per heavy atom. The van der Waals surface area contributed by atoms with Crippen molar-refractivity contribution >= 4 is 0 Å². The van der Waals surface area contributed by atoms with Gasteiger partial charge in [-0.05, 0) is 38.2 Å². The van der Waals surface area contributed by atoms with Crippen LogP contribution in [-0.4, -0.2) is 0 Å². The Bertz CT molecular complexity index is 192. The van der Waals surface area contributed by atoms with Gasteiger partial charge in [0.25, 0.3) is 0 Å². The van der Waals surface area contributed by atoms with Crippen molar-refractivity contribution in [2.45, 2.75) is 32.1 Å². The van der Waals surface area contributed by atoms with Crippen LogP contribution in [-0.2, 0) is 0 Å². The molecule has 0 amide bonds. The predicted molar refractivity (Wildman–Crippen MR) is 58.3 cm³/mol. The van der Waals surface area contributed by atoms with Crippen molar-refractivity contribution in [3.63, 3.8) is 0 Å². The van der Waals surface area contributed by atoms with E-state index >= 15 is 0 Å². The first-order valence-corrected chi connectivity index (χ1v) is 5.02. The minimum absolute atomic E-state index is 0.942. The molecule has 0 aromatic heterocycles. The quantitative estimate of drug-likeness (QED) is 0.486. The summed E-state index contributed by atoms with van der Waals surface area (Å²) in [5, 5.41) is 0. The average molecular weight is 173 g/mol. The fraction of sp³-hybridized carbons (Fsp3) is 0.385. The molecule has 0 heterocycles. The van der Waals surface area contributed by atoms with Crippen LogP contribution in [0.3, 0.4) is 0 Å². The fourth-order valence-electron chi connectivity index (χ4n) is 1.19. The highest BCUT2D eigenvalue weighted by Crippen LogP contribution is 2.00. The van der Waals surface area contributed by atoms with Gasteiger partial charge in [-0.15, -0.1) is 0 Å². The van der Waals surface area contributed by atoms with Gasteiger partial charge in [0.05, 0.1) is 0 Å². The highest BCUT2D eigenvalue weighted by molar-refractivity contribution is 5.06. The van der Waals surface area contributed by atoms with Crippen LogP contribution in [0.1, 0.15) is 32.1 Å². The van der Waals surface area contributed by atoms with Crippen LogP contribution in [0.25, 0.3) is 0 Å². The Morgan fingerprint density at radius 2 is 1.77 bits per heavy atom. The Morgan fingerprint density at radius 3 is 2.77 bits per heavy atom. The Balaban J connectivity index is 2.38. The third kappa shape index (κ3) is 6.15. The topological polar surface area (TPSA) is 0 Å². The maximum atomic E-state index is 3.25. The highest BCUT2D eigenvalue weighted by Gasteiger charge is 1.81. The van der Waals surface area contributed by atoms with Gasteiger partial charge in [0, 0.05) is 0 Å². The molecule has 0 aromatic carbocycles. The second-order valence-electron chi connectivity index (χ2n) is 3.11. The first-order valence-electron chi connectivity index (χ1n) is 5.02. The number of allylic oxidation sites excluding steroid dienone is 8. The van der Waals surface area contributed by atoms with Crippen LogP contribution in [0.2, 0.25) is 0 Å². The molecule has 13 heavy (non-hydrogen) atoms. The van der Waals surface area contributed by atoms with Gasteiger partial charge in [0.1, 0.15) is 0 Å². The van der Waals surface area contributed by atoms with Crippen LogP contribution in [0, 0.1) is 6.08 Å². The zero-order valence-corrected chi connectivity index (χ0v) is 8.08. The smallest absolute Gasteiger partial charge is 0.00948 e. The molecule has 0 saturated carbocycles. The van der Waals surface area contributed by atoms with Crippen LogP contribution >= 0.6 is 0 Å². The van der Waals surface area contributed by atoms with E-state index in [0.717, 1.165) is 19.3 Å². The molecule has 69 valence electrons. The molecule has 0 bridgehead atoms. The van der Waals surface area contributed by atoms with E-state index in [2.05, 4.69) is 48.6 Å². The molecule has 0 spiro atoms. The summed E-state index contributed by atoms with van der Waals surface area (Å²) in [7, 11) is 0. The zero-order chi connectivity index (χ0) is 9.19.